The Morgan fingerprint density at radius 1 is 1.23 bits per heavy atom. The lowest BCUT2D eigenvalue weighted by Gasteiger charge is -2.26. The third-order valence-electron chi connectivity index (χ3n) is 4.96. The molecule has 1 N–H and O–H groups in total. The second kappa shape index (κ2) is 9.36. The molecule has 158 valence electrons. The summed E-state index contributed by atoms with van der Waals surface area (Å²) in [7, 11) is 1.86. The second-order valence-electron chi connectivity index (χ2n) is 7.25. The minimum atomic E-state index is -0.239. The number of nitrogens with zero attached hydrogens (tertiary/aromatic N) is 4. The number of rotatable bonds is 6. The van der Waals surface area contributed by atoms with Gasteiger partial charge in [-0.1, -0.05) is 12.1 Å². The molecule has 0 bridgehead atoms. The van der Waals surface area contributed by atoms with Crippen LogP contribution in [-0.4, -0.2) is 51.2 Å². The summed E-state index contributed by atoms with van der Waals surface area (Å²) in [5, 5.41) is 7.05. The number of benzene rings is 1. The van der Waals surface area contributed by atoms with Gasteiger partial charge in [0.15, 0.2) is 0 Å². The number of carbonyl (C=O) groups is 2. The van der Waals surface area contributed by atoms with E-state index in [1.54, 1.807) is 34.2 Å². The lowest BCUT2D eigenvalue weighted by molar-refractivity contribution is -0.143. The molecule has 0 spiro atoms. The van der Waals surface area contributed by atoms with Crippen LogP contribution < -0.4 is 5.32 Å². The average molecular weight is 417 g/mol. The number of aryl methyl sites for hydroxylation is 1. The molecule has 1 aliphatic heterocycles. The van der Waals surface area contributed by atoms with E-state index in [0.29, 0.717) is 25.4 Å². The fourth-order valence-corrected chi connectivity index (χ4v) is 3.34. The van der Waals surface area contributed by atoms with E-state index in [1.165, 1.54) is 6.08 Å². The van der Waals surface area contributed by atoms with Gasteiger partial charge < -0.3 is 15.0 Å². The van der Waals surface area contributed by atoms with E-state index >= 15 is 0 Å². The third-order valence-corrected chi connectivity index (χ3v) is 4.96. The van der Waals surface area contributed by atoms with Crippen LogP contribution >= 0.6 is 0 Å². The quantitative estimate of drug-likeness (QED) is 0.623. The molecule has 0 unspecified atom stereocenters. The number of hydrogen-bond acceptors (Lipinski definition) is 5. The van der Waals surface area contributed by atoms with Crippen LogP contribution in [0.15, 0.2) is 61.2 Å². The van der Waals surface area contributed by atoms with Crippen LogP contribution in [0.1, 0.15) is 11.1 Å². The Labute approximate surface area is 180 Å². The maximum absolute atomic E-state index is 12.4. The van der Waals surface area contributed by atoms with E-state index in [2.05, 4.69) is 15.4 Å². The summed E-state index contributed by atoms with van der Waals surface area (Å²) in [5.41, 5.74) is 4.43. The molecule has 0 saturated carbocycles. The van der Waals surface area contributed by atoms with Crippen molar-refractivity contribution in [3.8, 4) is 11.1 Å². The SMILES string of the molecule is Cn1cc(-c2ccncc2/C=C/C(=O)Nc2ccc(CN3CCOCC3=O)cc2)cn1. The predicted octanol–water partition coefficient (Wildman–Crippen LogP) is 2.49. The van der Waals surface area contributed by atoms with Gasteiger partial charge in [-0.25, -0.2) is 0 Å². The van der Waals surface area contributed by atoms with Crippen LogP contribution in [0.3, 0.4) is 0 Å². The Balaban J connectivity index is 1.38. The van der Waals surface area contributed by atoms with Gasteiger partial charge in [0, 0.05) is 61.6 Å². The molecule has 4 rings (SSSR count). The summed E-state index contributed by atoms with van der Waals surface area (Å²) in [5.74, 6) is -0.244. The smallest absolute Gasteiger partial charge is 0.248 e. The van der Waals surface area contributed by atoms with Crippen molar-refractivity contribution in [2.45, 2.75) is 6.54 Å². The summed E-state index contributed by atoms with van der Waals surface area (Å²) in [6.07, 6.45) is 10.3. The van der Waals surface area contributed by atoms with E-state index in [0.717, 1.165) is 22.3 Å². The van der Waals surface area contributed by atoms with Crippen molar-refractivity contribution in [2.75, 3.05) is 25.1 Å². The number of carbonyl (C=O) groups excluding carboxylic acids is 2. The zero-order valence-electron chi connectivity index (χ0n) is 17.2. The van der Waals surface area contributed by atoms with Crippen molar-refractivity contribution in [3.63, 3.8) is 0 Å². The van der Waals surface area contributed by atoms with Crippen molar-refractivity contribution >= 4 is 23.6 Å². The molecule has 0 radical (unpaired) electrons. The molecule has 31 heavy (non-hydrogen) atoms. The van der Waals surface area contributed by atoms with Gasteiger partial charge in [-0.05, 0) is 35.4 Å². The molecule has 3 heterocycles. The first-order chi connectivity index (χ1) is 15.1. The molecule has 2 aromatic heterocycles. The number of pyridine rings is 1. The molecule has 0 atom stereocenters. The van der Waals surface area contributed by atoms with E-state index < -0.39 is 0 Å². The third kappa shape index (κ3) is 5.23. The van der Waals surface area contributed by atoms with Gasteiger partial charge >= 0.3 is 0 Å². The van der Waals surface area contributed by atoms with Crippen LogP contribution in [0.25, 0.3) is 17.2 Å². The number of morpholine rings is 1. The minimum Gasteiger partial charge on any atom is -0.370 e. The largest absolute Gasteiger partial charge is 0.370 e. The molecule has 1 aromatic carbocycles. The van der Waals surface area contributed by atoms with E-state index in [1.807, 2.05) is 43.6 Å². The van der Waals surface area contributed by atoms with Gasteiger partial charge in [-0.15, -0.1) is 0 Å². The molecule has 3 aromatic rings. The van der Waals surface area contributed by atoms with E-state index in [-0.39, 0.29) is 18.4 Å². The molecular weight excluding hydrogens is 394 g/mol. The monoisotopic (exact) mass is 417 g/mol. The number of ether oxygens (including phenoxy) is 1. The maximum Gasteiger partial charge on any atom is 0.248 e. The van der Waals surface area contributed by atoms with Crippen LogP contribution in [-0.2, 0) is 27.9 Å². The molecule has 8 nitrogen and oxygen atoms in total. The second-order valence-corrected chi connectivity index (χ2v) is 7.25. The number of amides is 2. The van der Waals surface area contributed by atoms with Crippen LogP contribution in [0, 0.1) is 0 Å². The highest BCUT2D eigenvalue weighted by Crippen LogP contribution is 2.23. The van der Waals surface area contributed by atoms with Crippen molar-refractivity contribution < 1.29 is 14.3 Å². The first-order valence-electron chi connectivity index (χ1n) is 9.95. The average Bonchev–Trinajstić information content (AvgIpc) is 3.21. The molecule has 1 saturated heterocycles. The molecule has 0 aliphatic carbocycles. The number of aromatic nitrogens is 3. The Bertz CT molecular complexity index is 1100. The van der Waals surface area contributed by atoms with Gasteiger partial charge in [0.2, 0.25) is 11.8 Å². The Morgan fingerprint density at radius 2 is 2.06 bits per heavy atom. The van der Waals surface area contributed by atoms with Gasteiger partial charge in [0.25, 0.3) is 0 Å². The van der Waals surface area contributed by atoms with Crippen LogP contribution in [0.5, 0.6) is 0 Å². The maximum atomic E-state index is 12.4. The molecule has 1 aliphatic rings. The molecule has 2 amide bonds. The zero-order chi connectivity index (χ0) is 21.6. The summed E-state index contributed by atoms with van der Waals surface area (Å²) in [6, 6.07) is 9.37. The zero-order valence-corrected chi connectivity index (χ0v) is 17.2. The highest BCUT2D eigenvalue weighted by Gasteiger charge is 2.18. The summed E-state index contributed by atoms with van der Waals surface area (Å²) >= 11 is 0. The highest BCUT2D eigenvalue weighted by molar-refractivity contribution is 6.02. The summed E-state index contributed by atoms with van der Waals surface area (Å²) in [4.78, 5) is 30.2. The predicted molar refractivity (Wildman–Crippen MR) is 117 cm³/mol. The van der Waals surface area contributed by atoms with Crippen molar-refractivity contribution in [1.82, 2.24) is 19.7 Å². The highest BCUT2D eigenvalue weighted by atomic mass is 16.5. The normalized spacial score (nSPS) is 14.2. The first-order valence-corrected chi connectivity index (χ1v) is 9.95. The number of nitrogens with one attached hydrogen (secondary N) is 1. The standard InChI is InChI=1S/C23H23N5O3/c1-27-15-19(13-25-27)21-8-9-24-12-18(21)4-7-22(29)26-20-5-2-17(3-6-20)14-28-10-11-31-16-23(28)30/h2-9,12-13,15H,10-11,14,16H2,1H3,(H,26,29)/b7-4+. The van der Waals surface area contributed by atoms with Gasteiger partial charge in [-0.2, -0.15) is 5.10 Å². The lowest BCUT2D eigenvalue weighted by Crippen LogP contribution is -2.40. The molecule has 1 fully saturated rings. The van der Waals surface area contributed by atoms with Crippen molar-refractivity contribution in [2.24, 2.45) is 7.05 Å². The van der Waals surface area contributed by atoms with Crippen LogP contribution in [0.2, 0.25) is 0 Å². The van der Waals surface area contributed by atoms with Gasteiger partial charge in [0.05, 0.1) is 12.8 Å². The van der Waals surface area contributed by atoms with Gasteiger partial charge in [0.1, 0.15) is 6.61 Å². The summed E-state index contributed by atoms with van der Waals surface area (Å²) in [6.45, 7) is 1.83. The van der Waals surface area contributed by atoms with Crippen molar-refractivity contribution in [1.29, 1.82) is 0 Å². The number of anilines is 1. The minimum absolute atomic E-state index is 0.00479. The van der Waals surface area contributed by atoms with Gasteiger partial charge in [-0.3, -0.25) is 19.3 Å². The lowest BCUT2D eigenvalue weighted by atomic mass is 10.0. The number of hydrogen-bond donors (Lipinski definition) is 1. The Morgan fingerprint density at radius 3 is 2.81 bits per heavy atom. The fraction of sp³-hybridized carbons (Fsp3) is 0.217. The Hall–Kier alpha value is -3.78. The van der Waals surface area contributed by atoms with E-state index in [9.17, 15) is 9.59 Å². The fourth-order valence-electron chi connectivity index (χ4n) is 3.34. The first kappa shape index (κ1) is 20.5. The summed E-state index contributed by atoms with van der Waals surface area (Å²) < 4.78 is 6.88. The topological polar surface area (TPSA) is 89.4 Å². The molecule has 8 heteroatoms. The Kier molecular flexibility index (Phi) is 6.18. The van der Waals surface area contributed by atoms with Crippen molar-refractivity contribution in [3.05, 3.63) is 72.3 Å². The van der Waals surface area contributed by atoms with Crippen LogP contribution in [0.4, 0.5) is 5.69 Å². The van der Waals surface area contributed by atoms with E-state index in [4.69, 9.17) is 4.74 Å². The molecular formula is C23H23N5O3.